The summed E-state index contributed by atoms with van der Waals surface area (Å²) in [5, 5.41) is 0. The zero-order valence-electron chi connectivity index (χ0n) is 11.7. The Morgan fingerprint density at radius 2 is 1.45 bits per heavy atom. The molecule has 20 heavy (non-hydrogen) atoms. The van der Waals surface area contributed by atoms with E-state index < -0.39 is 0 Å². The molecule has 0 saturated carbocycles. The number of nitrogens with zero attached hydrogens (tertiary/aromatic N) is 1. The maximum Gasteiger partial charge on any atom is 0.172 e. The van der Waals surface area contributed by atoms with Gasteiger partial charge in [-0.1, -0.05) is 42.5 Å². The van der Waals surface area contributed by atoms with E-state index in [-0.39, 0.29) is 18.0 Å². The molecular formula is C17H17NO2. The second-order valence-corrected chi connectivity index (χ2v) is 4.80. The number of hydrogen-bond acceptors (Lipinski definition) is 3. The van der Waals surface area contributed by atoms with Gasteiger partial charge in [0.1, 0.15) is 0 Å². The van der Waals surface area contributed by atoms with Crippen LogP contribution in [-0.2, 0) is 0 Å². The second-order valence-electron chi connectivity index (χ2n) is 4.80. The average molecular weight is 267 g/mol. The SMILES string of the molecule is CN(C)c1ccccc1C(=O)CC(=O)c1ccccc1. The minimum atomic E-state index is -0.150. The quantitative estimate of drug-likeness (QED) is 0.616. The average Bonchev–Trinajstić information content (AvgIpc) is 2.48. The van der Waals surface area contributed by atoms with Gasteiger partial charge in [0.05, 0.1) is 6.42 Å². The highest BCUT2D eigenvalue weighted by Crippen LogP contribution is 2.20. The van der Waals surface area contributed by atoms with Crippen LogP contribution >= 0.6 is 0 Å². The molecule has 3 heteroatoms. The molecule has 0 atom stereocenters. The van der Waals surface area contributed by atoms with Gasteiger partial charge in [-0.2, -0.15) is 0 Å². The Morgan fingerprint density at radius 3 is 2.10 bits per heavy atom. The zero-order valence-corrected chi connectivity index (χ0v) is 11.7. The highest BCUT2D eigenvalue weighted by atomic mass is 16.1. The van der Waals surface area contributed by atoms with Gasteiger partial charge in [-0.3, -0.25) is 9.59 Å². The van der Waals surface area contributed by atoms with Crippen molar-refractivity contribution in [3.8, 4) is 0 Å². The van der Waals surface area contributed by atoms with Crippen LogP contribution < -0.4 is 4.90 Å². The Kier molecular flexibility index (Phi) is 4.31. The van der Waals surface area contributed by atoms with Crippen LogP contribution in [0.3, 0.4) is 0 Å². The lowest BCUT2D eigenvalue weighted by molar-refractivity contribution is 0.0894. The summed E-state index contributed by atoms with van der Waals surface area (Å²) >= 11 is 0. The van der Waals surface area contributed by atoms with E-state index in [9.17, 15) is 9.59 Å². The standard InChI is InChI=1S/C17H17NO2/c1-18(2)15-11-7-6-10-14(15)17(20)12-16(19)13-8-4-3-5-9-13/h3-11H,12H2,1-2H3. The molecule has 2 rings (SSSR count). The van der Waals surface area contributed by atoms with Crippen LogP contribution in [0.25, 0.3) is 0 Å². The summed E-state index contributed by atoms with van der Waals surface area (Å²) in [6.45, 7) is 0. The van der Waals surface area contributed by atoms with E-state index in [2.05, 4.69) is 0 Å². The molecule has 0 N–H and O–H groups in total. The van der Waals surface area contributed by atoms with Crippen LogP contribution in [0.2, 0.25) is 0 Å². The Labute approximate surface area is 118 Å². The number of ketones is 2. The number of hydrogen-bond donors (Lipinski definition) is 0. The fourth-order valence-corrected chi connectivity index (χ4v) is 2.07. The van der Waals surface area contributed by atoms with E-state index in [1.807, 2.05) is 43.3 Å². The predicted octanol–water partition coefficient (Wildman–Crippen LogP) is 3.21. The Bertz CT molecular complexity index is 618. The topological polar surface area (TPSA) is 37.4 Å². The van der Waals surface area contributed by atoms with E-state index in [0.717, 1.165) is 5.69 Å². The molecule has 0 radical (unpaired) electrons. The van der Waals surface area contributed by atoms with Gasteiger partial charge >= 0.3 is 0 Å². The lowest BCUT2D eigenvalue weighted by Crippen LogP contribution is -2.15. The first-order valence-corrected chi connectivity index (χ1v) is 6.47. The van der Waals surface area contributed by atoms with E-state index in [4.69, 9.17) is 0 Å². The molecule has 0 aliphatic carbocycles. The van der Waals surface area contributed by atoms with Crippen molar-refractivity contribution in [3.63, 3.8) is 0 Å². The lowest BCUT2D eigenvalue weighted by atomic mass is 10.00. The molecule has 2 aromatic carbocycles. The fourth-order valence-electron chi connectivity index (χ4n) is 2.07. The van der Waals surface area contributed by atoms with Crippen LogP contribution in [0.5, 0.6) is 0 Å². The highest BCUT2D eigenvalue weighted by Gasteiger charge is 2.16. The van der Waals surface area contributed by atoms with Gasteiger partial charge in [-0.25, -0.2) is 0 Å². The third kappa shape index (κ3) is 3.12. The minimum absolute atomic E-state index is 0.102. The van der Waals surface area contributed by atoms with Gasteiger partial charge in [-0.15, -0.1) is 0 Å². The molecule has 0 fully saturated rings. The van der Waals surface area contributed by atoms with Crippen molar-refractivity contribution < 1.29 is 9.59 Å². The van der Waals surface area contributed by atoms with Crippen molar-refractivity contribution in [2.75, 3.05) is 19.0 Å². The first-order chi connectivity index (χ1) is 9.59. The smallest absolute Gasteiger partial charge is 0.172 e. The molecule has 2 aromatic rings. The third-order valence-corrected chi connectivity index (χ3v) is 3.10. The maximum absolute atomic E-state index is 12.3. The molecule has 3 nitrogen and oxygen atoms in total. The van der Waals surface area contributed by atoms with Gasteiger partial charge < -0.3 is 4.90 Å². The molecule has 0 aliphatic rings. The van der Waals surface area contributed by atoms with Crippen molar-refractivity contribution in [2.24, 2.45) is 0 Å². The molecule has 0 saturated heterocycles. The molecule has 0 bridgehead atoms. The lowest BCUT2D eigenvalue weighted by Gasteiger charge is -2.16. The number of rotatable bonds is 5. The molecule has 0 heterocycles. The van der Waals surface area contributed by atoms with Gasteiger partial charge in [0.25, 0.3) is 0 Å². The first kappa shape index (κ1) is 14.0. The molecule has 0 aromatic heterocycles. The normalized spacial score (nSPS) is 10.1. The van der Waals surface area contributed by atoms with Crippen LogP contribution in [0.1, 0.15) is 27.1 Å². The number of carbonyl (C=O) groups is 2. The van der Waals surface area contributed by atoms with Crippen molar-refractivity contribution in [1.82, 2.24) is 0 Å². The van der Waals surface area contributed by atoms with Gasteiger partial charge in [-0.05, 0) is 12.1 Å². The summed E-state index contributed by atoms with van der Waals surface area (Å²) in [4.78, 5) is 26.3. The van der Waals surface area contributed by atoms with Crippen molar-refractivity contribution in [2.45, 2.75) is 6.42 Å². The molecular weight excluding hydrogens is 250 g/mol. The Hall–Kier alpha value is -2.42. The highest BCUT2D eigenvalue weighted by molar-refractivity contribution is 6.15. The summed E-state index contributed by atoms with van der Waals surface area (Å²) in [5.41, 5.74) is 1.99. The Morgan fingerprint density at radius 1 is 0.850 bits per heavy atom. The van der Waals surface area contributed by atoms with Gasteiger partial charge in [0.2, 0.25) is 0 Å². The Balaban J connectivity index is 2.19. The molecule has 0 aliphatic heterocycles. The van der Waals surface area contributed by atoms with Crippen LogP contribution in [0.4, 0.5) is 5.69 Å². The zero-order chi connectivity index (χ0) is 14.5. The van der Waals surface area contributed by atoms with E-state index in [1.54, 1.807) is 30.3 Å². The van der Waals surface area contributed by atoms with Gasteiger partial charge in [0, 0.05) is 30.9 Å². The van der Waals surface area contributed by atoms with Gasteiger partial charge in [0.15, 0.2) is 11.6 Å². The predicted molar refractivity (Wildman–Crippen MR) is 80.5 cm³/mol. The largest absolute Gasteiger partial charge is 0.377 e. The summed E-state index contributed by atoms with van der Waals surface area (Å²) < 4.78 is 0. The second kappa shape index (κ2) is 6.15. The van der Waals surface area contributed by atoms with E-state index >= 15 is 0 Å². The van der Waals surface area contributed by atoms with Crippen molar-refractivity contribution in [1.29, 1.82) is 0 Å². The summed E-state index contributed by atoms with van der Waals surface area (Å²) in [6, 6.07) is 16.2. The summed E-state index contributed by atoms with van der Waals surface area (Å²) in [7, 11) is 3.76. The number of carbonyl (C=O) groups excluding carboxylic acids is 2. The number of para-hydroxylation sites is 1. The van der Waals surface area contributed by atoms with Crippen molar-refractivity contribution in [3.05, 3.63) is 65.7 Å². The molecule has 0 amide bonds. The monoisotopic (exact) mass is 267 g/mol. The molecule has 102 valence electrons. The summed E-state index contributed by atoms with van der Waals surface area (Å²) in [5.74, 6) is -0.299. The first-order valence-electron chi connectivity index (χ1n) is 6.47. The van der Waals surface area contributed by atoms with E-state index in [1.165, 1.54) is 0 Å². The maximum atomic E-state index is 12.3. The van der Waals surface area contributed by atoms with Crippen molar-refractivity contribution >= 4 is 17.3 Å². The molecule has 0 unspecified atom stereocenters. The van der Waals surface area contributed by atoms with E-state index in [0.29, 0.717) is 11.1 Å². The summed E-state index contributed by atoms with van der Waals surface area (Å²) in [6.07, 6.45) is -0.102. The minimum Gasteiger partial charge on any atom is -0.377 e. The van der Waals surface area contributed by atoms with Crippen LogP contribution in [-0.4, -0.2) is 25.7 Å². The number of Topliss-reactive ketones (excluding diaryl/α,β-unsaturated/α-hetero) is 2. The third-order valence-electron chi connectivity index (χ3n) is 3.10. The fraction of sp³-hybridized carbons (Fsp3) is 0.176. The van der Waals surface area contributed by atoms with Crippen LogP contribution in [0, 0.1) is 0 Å². The number of benzene rings is 2. The van der Waals surface area contributed by atoms with Crippen LogP contribution in [0.15, 0.2) is 54.6 Å². The molecule has 0 spiro atoms. The number of anilines is 1.